The van der Waals surface area contributed by atoms with Gasteiger partial charge in [0.15, 0.2) is 5.82 Å². The maximum absolute atomic E-state index is 11.8. The van der Waals surface area contributed by atoms with E-state index in [1.807, 2.05) is 24.3 Å². The van der Waals surface area contributed by atoms with Crippen molar-refractivity contribution in [1.82, 2.24) is 20.4 Å². The Morgan fingerprint density at radius 1 is 1.15 bits per heavy atom. The highest BCUT2D eigenvalue weighted by Crippen LogP contribution is 2.21. The number of amides is 1. The van der Waals surface area contributed by atoms with Gasteiger partial charge in [-0.2, -0.15) is 0 Å². The predicted molar refractivity (Wildman–Crippen MR) is 74.4 cm³/mol. The van der Waals surface area contributed by atoms with Gasteiger partial charge in [-0.05, 0) is 12.1 Å². The largest absolute Gasteiger partial charge is 0.290 e. The average molecular weight is 265 g/mol. The highest BCUT2D eigenvalue weighted by atomic mass is 16.2. The minimum atomic E-state index is -0.404. The normalized spacial score (nSPS) is 10.4. The zero-order valence-corrected chi connectivity index (χ0v) is 10.4. The number of nitrogens with zero attached hydrogens (tertiary/aromatic N) is 3. The third-order valence-electron chi connectivity index (χ3n) is 2.93. The molecule has 0 saturated heterocycles. The second kappa shape index (κ2) is 5.02. The third kappa shape index (κ3) is 2.08. The molecule has 0 aliphatic rings. The molecule has 3 N–H and O–H groups in total. The lowest BCUT2D eigenvalue weighted by Crippen LogP contribution is -2.30. The van der Waals surface area contributed by atoms with Crippen LogP contribution in [0.3, 0.4) is 0 Å². The average Bonchev–Trinajstić information content (AvgIpc) is 2.53. The molecule has 0 aliphatic carbocycles. The highest BCUT2D eigenvalue weighted by molar-refractivity contribution is 5.99. The number of nitrogens with one attached hydrogen (secondary N) is 1. The van der Waals surface area contributed by atoms with E-state index in [0.717, 1.165) is 10.9 Å². The molecule has 6 nitrogen and oxygen atoms in total. The van der Waals surface area contributed by atoms with Crippen LogP contribution in [0.15, 0.2) is 48.9 Å². The molecule has 3 aromatic rings. The van der Waals surface area contributed by atoms with Gasteiger partial charge < -0.3 is 0 Å². The third-order valence-corrected chi connectivity index (χ3v) is 2.93. The molecule has 0 spiro atoms. The van der Waals surface area contributed by atoms with Gasteiger partial charge in [-0.25, -0.2) is 15.8 Å². The van der Waals surface area contributed by atoms with E-state index in [1.165, 1.54) is 6.20 Å². The Bertz CT molecular complexity index is 787. The van der Waals surface area contributed by atoms with Crippen LogP contribution < -0.4 is 11.3 Å². The van der Waals surface area contributed by atoms with Crippen molar-refractivity contribution >= 4 is 16.8 Å². The predicted octanol–water partition coefficient (Wildman–Crippen LogP) is 1.30. The van der Waals surface area contributed by atoms with E-state index < -0.39 is 5.91 Å². The first-order valence-electron chi connectivity index (χ1n) is 5.96. The molecule has 0 bridgehead atoms. The standard InChI is InChI=1S/C14H11N5O/c15-19-14(20)10-5-6-16-8-11(10)13-17-7-9-3-1-2-4-12(9)18-13/h1-8H,15H2,(H,19,20). The van der Waals surface area contributed by atoms with Gasteiger partial charge in [0.05, 0.1) is 16.6 Å². The molecule has 0 fully saturated rings. The summed E-state index contributed by atoms with van der Waals surface area (Å²) in [6.07, 6.45) is 4.79. The summed E-state index contributed by atoms with van der Waals surface area (Å²) in [7, 11) is 0. The van der Waals surface area contributed by atoms with Crippen LogP contribution in [0.5, 0.6) is 0 Å². The molecule has 2 heterocycles. The summed E-state index contributed by atoms with van der Waals surface area (Å²) in [6.45, 7) is 0. The Morgan fingerprint density at radius 2 is 2.00 bits per heavy atom. The Hall–Kier alpha value is -2.86. The first kappa shape index (κ1) is 12.2. The SMILES string of the molecule is NNC(=O)c1ccncc1-c1ncc2ccccc2n1. The van der Waals surface area contributed by atoms with Gasteiger partial charge in [0, 0.05) is 24.0 Å². The lowest BCUT2D eigenvalue weighted by atomic mass is 10.1. The van der Waals surface area contributed by atoms with E-state index in [9.17, 15) is 4.79 Å². The number of aromatic nitrogens is 3. The van der Waals surface area contributed by atoms with Crippen molar-refractivity contribution in [2.45, 2.75) is 0 Å². The van der Waals surface area contributed by atoms with Crippen LogP contribution in [-0.2, 0) is 0 Å². The molecular weight excluding hydrogens is 254 g/mol. The van der Waals surface area contributed by atoms with Crippen molar-refractivity contribution in [3.63, 3.8) is 0 Å². The van der Waals surface area contributed by atoms with Crippen molar-refractivity contribution in [3.05, 3.63) is 54.5 Å². The van der Waals surface area contributed by atoms with Crippen LogP contribution >= 0.6 is 0 Å². The number of hydrazine groups is 1. The minimum absolute atomic E-state index is 0.387. The molecule has 0 atom stereocenters. The van der Waals surface area contributed by atoms with Gasteiger partial charge >= 0.3 is 0 Å². The fraction of sp³-hybridized carbons (Fsp3) is 0. The molecule has 0 unspecified atom stereocenters. The smallest absolute Gasteiger partial charge is 0.266 e. The van der Waals surface area contributed by atoms with Crippen molar-refractivity contribution in [2.75, 3.05) is 0 Å². The van der Waals surface area contributed by atoms with E-state index >= 15 is 0 Å². The number of benzene rings is 1. The first-order valence-corrected chi connectivity index (χ1v) is 5.96. The molecule has 2 aromatic heterocycles. The number of hydrogen-bond donors (Lipinski definition) is 2. The summed E-state index contributed by atoms with van der Waals surface area (Å²) in [6, 6.07) is 9.21. The number of hydrogen-bond acceptors (Lipinski definition) is 5. The lowest BCUT2D eigenvalue weighted by Gasteiger charge is -2.07. The summed E-state index contributed by atoms with van der Waals surface area (Å²) in [5.74, 6) is 5.22. The number of fused-ring (bicyclic) bond motifs is 1. The second-order valence-electron chi connectivity index (χ2n) is 4.15. The fourth-order valence-corrected chi connectivity index (χ4v) is 1.95. The minimum Gasteiger partial charge on any atom is -0.290 e. The van der Waals surface area contributed by atoms with E-state index in [2.05, 4.69) is 20.4 Å². The van der Waals surface area contributed by atoms with E-state index in [1.54, 1.807) is 18.5 Å². The number of carbonyl (C=O) groups excluding carboxylic acids is 1. The quantitative estimate of drug-likeness (QED) is 0.414. The monoisotopic (exact) mass is 265 g/mol. The van der Waals surface area contributed by atoms with Crippen LogP contribution in [-0.4, -0.2) is 20.9 Å². The van der Waals surface area contributed by atoms with Gasteiger partial charge in [0.1, 0.15) is 0 Å². The first-order chi connectivity index (χ1) is 9.79. The Morgan fingerprint density at radius 3 is 2.85 bits per heavy atom. The van der Waals surface area contributed by atoms with Crippen LogP contribution in [0.2, 0.25) is 0 Å². The molecule has 1 amide bonds. The van der Waals surface area contributed by atoms with Gasteiger partial charge in [0.25, 0.3) is 5.91 Å². The van der Waals surface area contributed by atoms with Crippen LogP contribution in [0.4, 0.5) is 0 Å². The zero-order valence-electron chi connectivity index (χ0n) is 10.4. The van der Waals surface area contributed by atoms with Gasteiger partial charge in [0.2, 0.25) is 0 Å². The number of rotatable bonds is 2. The Kier molecular flexibility index (Phi) is 3.06. The van der Waals surface area contributed by atoms with Crippen LogP contribution in [0.1, 0.15) is 10.4 Å². The molecule has 3 rings (SSSR count). The van der Waals surface area contributed by atoms with Crippen molar-refractivity contribution in [3.8, 4) is 11.4 Å². The number of para-hydroxylation sites is 1. The molecule has 1 aromatic carbocycles. The molecule has 98 valence electrons. The number of nitrogens with two attached hydrogens (primary N) is 1. The van der Waals surface area contributed by atoms with Gasteiger partial charge in [-0.1, -0.05) is 18.2 Å². The zero-order chi connectivity index (χ0) is 13.9. The van der Waals surface area contributed by atoms with Crippen molar-refractivity contribution in [1.29, 1.82) is 0 Å². The van der Waals surface area contributed by atoms with E-state index in [-0.39, 0.29) is 0 Å². The summed E-state index contributed by atoms with van der Waals surface area (Å²) < 4.78 is 0. The number of pyridine rings is 1. The van der Waals surface area contributed by atoms with Crippen LogP contribution in [0.25, 0.3) is 22.3 Å². The molecule has 0 radical (unpaired) electrons. The number of nitrogen functional groups attached to an aromatic ring is 1. The van der Waals surface area contributed by atoms with Gasteiger partial charge in [-0.3, -0.25) is 15.2 Å². The highest BCUT2D eigenvalue weighted by Gasteiger charge is 2.14. The second-order valence-corrected chi connectivity index (χ2v) is 4.15. The van der Waals surface area contributed by atoms with Crippen LogP contribution in [0, 0.1) is 0 Å². The maximum Gasteiger partial charge on any atom is 0.266 e. The molecular formula is C14H11N5O. The fourth-order valence-electron chi connectivity index (χ4n) is 1.95. The van der Waals surface area contributed by atoms with E-state index in [0.29, 0.717) is 17.0 Å². The summed E-state index contributed by atoms with van der Waals surface area (Å²) >= 11 is 0. The summed E-state index contributed by atoms with van der Waals surface area (Å²) in [5.41, 5.74) is 3.84. The molecule has 20 heavy (non-hydrogen) atoms. The molecule has 0 aliphatic heterocycles. The topological polar surface area (TPSA) is 93.8 Å². The number of carbonyl (C=O) groups is 1. The molecule has 0 saturated carbocycles. The van der Waals surface area contributed by atoms with Crippen molar-refractivity contribution in [2.24, 2.45) is 5.84 Å². The van der Waals surface area contributed by atoms with Crippen molar-refractivity contribution < 1.29 is 4.79 Å². The Labute approximate surface area is 114 Å². The van der Waals surface area contributed by atoms with Gasteiger partial charge in [-0.15, -0.1) is 0 Å². The summed E-state index contributed by atoms with van der Waals surface area (Å²) in [5, 5.41) is 0.935. The summed E-state index contributed by atoms with van der Waals surface area (Å²) in [4.78, 5) is 24.5. The Balaban J connectivity index is 2.18. The maximum atomic E-state index is 11.8. The molecule has 6 heteroatoms. The lowest BCUT2D eigenvalue weighted by molar-refractivity contribution is 0.0954. The van der Waals surface area contributed by atoms with E-state index in [4.69, 9.17) is 5.84 Å².